The molecule has 1 aromatic carbocycles. The maximum atomic E-state index is 13.3. The van der Waals surface area contributed by atoms with Gasteiger partial charge >= 0.3 is 0 Å². The predicted octanol–water partition coefficient (Wildman–Crippen LogP) is 1.83. The SMILES string of the molecule is CC(C)(C)NCC(O)COc1ccc(C#N)c(F)c1. The average molecular weight is 266 g/mol. The number of halogens is 1. The molecule has 0 aliphatic heterocycles. The maximum absolute atomic E-state index is 13.3. The first-order valence-electron chi connectivity index (χ1n) is 6.07. The Labute approximate surface area is 112 Å². The highest BCUT2D eigenvalue weighted by Gasteiger charge is 2.13. The molecule has 1 unspecified atom stereocenters. The van der Waals surface area contributed by atoms with Crippen LogP contribution >= 0.6 is 0 Å². The third-order valence-electron chi connectivity index (χ3n) is 2.37. The standard InChI is InChI=1S/C14H19FN2O2/c1-14(2,3)17-8-11(18)9-19-12-5-4-10(7-16)13(15)6-12/h4-6,11,17-18H,8-9H2,1-3H3. The Balaban J connectivity index is 2.44. The van der Waals surface area contributed by atoms with Crippen LogP contribution in [0.3, 0.4) is 0 Å². The van der Waals surface area contributed by atoms with E-state index in [1.807, 2.05) is 20.8 Å². The van der Waals surface area contributed by atoms with Gasteiger partial charge in [0.1, 0.15) is 30.3 Å². The Kier molecular flexibility index (Phi) is 5.28. The molecule has 0 bridgehead atoms. The number of nitrogens with one attached hydrogen (secondary N) is 1. The molecule has 0 amide bonds. The van der Waals surface area contributed by atoms with Crippen molar-refractivity contribution in [1.29, 1.82) is 5.26 Å². The van der Waals surface area contributed by atoms with Crippen LogP contribution < -0.4 is 10.1 Å². The zero-order valence-corrected chi connectivity index (χ0v) is 11.4. The van der Waals surface area contributed by atoms with E-state index in [0.717, 1.165) is 6.07 Å². The number of benzene rings is 1. The van der Waals surface area contributed by atoms with Crippen LogP contribution in [0.5, 0.6) is 5.75 Å². The highest BCUT2D eigenvalue weighted by atomic mass is 19.1. The number of aliphatic hydroxyl groups is 1. The minimum Gasteiger partial charge on any atom is -0.491 e. The molecular weight excluding hydrogens is 247 g/mol. The number of ether oxygens (including phenoxy) is 1. The molecule has 0 saturated heterocycles. The Morgan fingerprint density at radius 1 is 1.47 bits per heavy atom. The van der Waals surface area contributed by atoms with Crippen molar-refractivity contribution >= 4 is 0 Å². The number of rotatable bonds is 5. The van der Waals surface area contributed by atoms with E-state index >= 15 is 0 Å². The molecule has 0 aromatic heterocycles. The van der Waals surface area contributed by atoms with Gasteiger partial charge in [-0.05, 0) is 32.9 Å². The molecule has 0 fully saturated rings. The molecule has 0 radical (unpaired) electrons. The van der Waals surface area contributed by atoms with Crippen LogP contribution in [0.2, 0.25) is 0 Å². The van der Waals surface area contributed by atoms with Gasteiger partial charge in [0.25, 0.3) is 0 Å². The summed E-state index contributed by atoms with van der Waals surface area (Å²) in [5.74, 6) is -0.325. The summed E-state index contributed by atoms with van der Waals surface area (Å²) >= 11 is 0. The van der Waals surface area contributed by atoms with Crippen LogP contribution in [0.4, 0.5) is 4.39 Å². The van der Waals surface area contributed by atoms with E-state index in [-0.39, 0.29) is 17.7 Å². The average Bonchev–Trinajstić information content (AvgIpc) is 2.33. The summed E-state index contributed by atoms with van der Waals surface area (Å²) in [6, 6.07) is 5.73. The van der Waals surface area contributed by atoms with Crippen LogP contribution in [0.15, 0.2) is 18.2 Å². The Hall–Kier alpha value is -1.64. The van der Waals surface area contributed by atoms with Crippen molar-refractivity contribution in [3.63, 3.8) is 0 Å². The van der Waals surface area contributed by atoms with E-state index in [1.165, 1.54) is 12.1 Å². The zero-order chi connectivity index (χ0) is 14.5. The molecule has 2 N–H and O–H groups in total. The lowest BCUT2D eigenvalue weighted by molar-refractivity contribution is 0.0999. The van der Waals surface area contributed by atoms with E-state index < -0.39 is 11.9 Å². The molecule has 104 valence electrons. The largest absolute Gasteiger partial charge is 0.491 e. The monoisotopic (exact) mass is 266 g/mol. The van der Waals surface area contributed by atoms with Crippen molar-refractivity contribution in [3.8, 4) is 11.8 Å². The smallest absolute Gasteiger partial charge is 0.144 e. The van der Waals surface area contributed by atoms with Crippen LogP contribution in [0.25, 0.3) is 0 Å². The van der Waals surface area contributed by atoms with Gasteiger partial charge in [-0.2, -0.15) is 5.26 Å². The first-order valence-corrected chi connectivity index (χ1v) is 6.07. The third kappa shape index (κ3) is 5.69. The van der Waals surface area contributed by atoms with Crippen molar-refractivity contribution < 1.29 is 14.2 Å². The zero-order valence-electron chi connectivity index (χ0n) is 11.4. The summed E-state index contributed by atoms with van der Waals surface area (Å²) < 4.78 is 18.6. The molecule has 5 heteroatoms. The summed E-state index contributed by atoms with van der Waals surface area (Å²) in [5.41, 5.74) is -0.107. The second-order valence-corrected chi connectivity index (χ2v) is 5.35. The van der Waals surface area contributed by atoms with E-state index in [4.69, 9.17) is 10.00 Å². The maximum Gasteiger partial charge on any atom is 0.144 e. The normalized spacial score (nSPS) is 12.8. The number of hydrogen-bond donors (Lipinski definition) is 2. The van der Waals surface area contributed by atoms with E-state index in [0.29, 0.717) is 12.3 Å². The van der Waals surface area contributed by atoms with Crippen molar-refractivity contribution in [2.45, 2.75) is 32.4 Å². The Morgan fingerprint density at radius 2 is 2.16 bits per heavy atom. The minimum atomic E-state index is -0.682. The van der Waals surface area contributed by atoms with Gasteiger partial charge in [-0.3, -0.25) is 0 Å². The number of nitriles is 1. The number of hydrogen-bond acceptors (Lipinski definition) is 4. The lowest BCUT2D eigenvalue weighted by atomic mass is 10.1. The Morgan fingerprint density at radius 3 is 2.68 bits per heavy atom. The van der Waals surface area contributed by atoms with Gasteiger partial charge < -0.3 is 15.2 Å². The Bertz CT molecular complexity index is 463. The molecular formula is C14H19FN2O2. The second kappa shape index (κ2) is 6.50. The van der Waals surface area contributed by atoms with Gasteiger partial charge in [0, 0.05) is 18.2 Å². The fourth-order valence-electron chi connectivity index (χ4n) is 1.35. The first-order chi connectivity index (χ1) is 8.81. The second-order valence-electron chi connectivity index (χ2n) is 5.35. The summed E-state index contributed by atoms with van der Waals surface area (Å²) in [6.45, 7) is 6.44. The fraction of sp³-hybridized carbons (Fsp3) is 0.500. The van der Waals surface area contributed by atoms with Crippen LogP contribution in [0, 0.1) is 17.1 Å². The highest BCUT2D eigenvalue weighted by Crippen LogP contribution is 2.16. The van der Waals surface area contributed by atoms with E-state index in [1.54, 1.807) is 6.07 Å². The fourth-order valence-corrected chi connectivity index (χ4v) is 1.35. The molecule has 0 aliphatic rings. The summed E-state index contributed by atoms with van der Waals surface area (Å²) in [7, 11) is 0. The molecule has 0 saturated carbocycles. The molecule has 1 aromatic rings. The van der Waals surface area contributed by atoms with E-state index in [2.05, 4.69) is 5.32 Å². The van der Waals surface area contributed by atoms with Gasteiger partial charge in [0.15, 0.2) is 0 Å². The highest BCUT2D eigenvalue weighted by molar-refractivity contribution is 5.36. The van der Waals surface area contributed by atoms with Crippen LogP contribution in [0.1, 0.15) is 26.3 Å². The molecule has 0 heterocycles. The predicted molar refractivity (Wildman–Crippen MR) is 70.4 cm³/mol. The minimum absolute atomic E-state index is 0.0257. The lowest BCUT2D eigenvalue weighted by Gasteiger charge is -2.22. The quantitative estimate of drug-likeness (QED) is 0.853. The number of aliphatic hydroxyl groups excluding tert-OH is 1. The van der Waals surface area contributed by atoms with Crippen molar-refractivity contribution in [2.24, 2.45) is 0 Å². The third-order valence-corrected chi connectivity index (χ3v) is 2.37. The van der Waals surface area contributed by atoms with Gasteiger partial charge in [-0.1, -0.05) is 0 Å². The number of nitrogens with zero attached hydrogens (tertiary/aromatic N) is 1. The lowest BCUT2D eigenvalue weighted by Crippen LogP contribution is -2.42. The van der Waals surface area contributed by atoms with Crippen LogP contribution in [-0.2, 0) is 0 Å². The van der Waals surface area contributed by atoms with Gasteiger partial charge in [0.2, 0.25) is 0 Å². The van der Waals surface area contributed by atoms with Crippen LogP contribution in [-0.4, -0.2) is 29.9 Å². The molecule has 19 heavy (non-hydrogen) atoms. The molecule has 0 aliphatic carbocycles. The van der Waals surface area contributed by atoms with Gasteiger partial charge in [0.05, 0.1) is 5.56 Å². The van der Waals surface area contributed by atoms with Gasteiger partial charge in [-0.15, -0.1) is 0 Å². The molecule has 4 nitrogen and oxygen atoms in total. The summed E-state index contributed by atoms with van der Waals surface area (Å²) in [4.78, 5) is 0. The van der Waals surface area contributed by atoms with E-state index in [9.17, 15) is 9.50 Å². The first kappa shape index (κ1) is 15.4. The van der Waals surface area contributed by atoms with Crippen molar-refractivity contribution in [1.82, 2.24) is 5.32 Å². The molecule has 1 rings (SSSR count). The number of β-amino-alcohol motifs (C(OH)–C–C–N with tert-alkyl or cyclic N) is 1. The summed E-state index contributed by atoms with van der Waals surface area (Å²) in [5, 5.41) is 21.4. The van der Waals surface area contributed by atoms with Gasteiger partial charge in [-0.25, -0.2) is 4.39 Å². The van der Waals surface area contributed by atoms with Crippen molar-refractivity contribution in [2.75, 3.05) is 13.2 Å². The topological polar surface area (TPSA) is 65.3 Å². The van der Waals surface area contributed by atoms with Crippen molar-refractivity contribution in [3.05, 3.63) is 29.6 Å². The summed E-state index contributed by atoms with van der Waals surface area (Å²) in [6.07, 6.45) is -0.682. The molecule has 1 atom stereocenters. The molecule has 0 spiro atoms.